The number of aryl methyl sites for hydroxylation is 1. The lowest BCUT2D eigenvalue weighted by Gasteiger charge is -2.32. The predicted molar refractivity (Wildman–Crippen MR) is 100 cm³/mol. The molecule has 0 radical (unpaired) electrons. The second-order valence-electron chi connectivity index (χ2n) is 6.55. The molecule has 1 aliphatic heterocycles. The third kappa shape index (κ3) is 4.16. The number of nitrogens with zero attached hydrogens (tertiary/aromatic N) is 7. The molecule has 0 saturated carbocycles. The summed E-state index contributed by atoms with van der Waals surface area (Å²) in [5.74, 6) is 2.22. The number of amides is 1. The van der Waals surface area contributed by atoms with Gasteiger partial charge in [0.15, 0.2) is 0 Å². The largest absolute Gasteiger partial charge is 0.364 e. The van der Waals surface area contributed by atoms with Gasteiger partial charge in [0.05, 0.1) is 18.8 Å². The van der Waals surface area contributed by atoms with E-state index in [0.717, 1.165) is 23.8 Å². The van der Waals surface area contributed by atoms with Crippen LogP contribution in [0.25, 0.3) is 0 Å². The first-order valence-electron chi connectivity index (χ1n) is 8.49. The van der Waals surface area contributed by atoms with Gasteiger partial charge < -0.3 is 20.0 Å². The maximum absolute atomic E-state index is 11.9. The van der Waals surface area contributed by atoms with Crippen molar-refractivity contribution < 1.29 is 4.79 Å². The van der Waals surface area contributed by atoms with E-state index in [9.17, 15) is 4.79 Å². The molecule has 1 N–H and O–H groups in total. The van der Waals surface area contributed by atoms with Crippen molar-refractivity contribution in [2.75, 3.05) is 55.9 Å². The number of hydrogen-bond acceptors (Lipinski definition) is 8. The number of aromatic nitrogens is 4. The van der Waals surface area contributed by atoms with Crippen molar-refractivity contribution >= 4 is 23.5 Å². The number of hydrogen-bond donors (Lipinski definition) is 1. The van der Waals surface area contributed by atoms with Crippen molar-refractivity contribution in [3.05, 3.63) is 29.8 Å². The van der Waals surface area contributed by atoms with Crippen LogP contribution in [-0.4, -0.2) is 71.5 Å². The first-order valence-corrected chi connectivity index (χ1v) is 8.49. The summed E-state index contributed by atoms with van der Waals surface area (Å²) in [5.41, 5.74) is 1.80. The molecule has 0 unspecified atom stereocenters. The molecule has 3 heterocycles. The van der Waals surface area contributed by atoms with Gasteiger partial charge in [-0.15, -0.1) is 0 Å². The third-order valence-corrected chi connectivity index (χ3v) is 4.18. The molecule has 2 aromatic rings. The zero-order chi connectivity index (χ0) is 18.7. The highest BCUT2D eigenvalue weighted by Crippen LogP contribution is 2.17. The fourth-order valence-electron chi connectivity index (χ4n) is 2.66. The van der Waals surface area contributed by atoms with E-state index in [-0.39, 0.29) is 5.91 Å². The Hall–Kier alpha value is -2.97. The molecule has 0 bridgehead atoms. The smallest absolute Gasteiger partial charge is 0.241 e. The highest BCUT2D eigenvalue weighted by molar-refractivity contribution is 5.82. The predicted octanol–water partition coefficient (Wildman–Crippen LogP) is 0.532. The standard InChI is InChI=1S/C17H24N8O/c1-12-7-13(22-17(21-12)23(2)3)9-18-14-8-15(20-11-19-14)25-6-5-24(4)16(26)10-25/h7-8,11H,5-6,9-10H2,1-4H3,(H,18,19,20). The second-order valence-corrected chi connectivity index (χ2v) is 6.55. The molecular formula is C17H24N8O. The van der Waals surface area contributed by atoms with Crippen molar-refractivity contribution in [2.45, 2.75) is 13.5 Å². The van der Waals surface area contributed by atoms with Gasteiger partial charge in [-0.25, -0.2) is 19.9 Å². The van der Waals surface area contributed by atoms with E-state index >= 15 is 0 Å². The molecule has 1 fully saturated rings. The van der Waals surface area contributed by atoms with Crippen LogP contribution in [-0.2, 0) is 11.3 Å². The molecule has 0 aliphatic carbocycles. The van der Waals surface area contributed by atoms with E-state index < -0.39 is 0 Å². The monoisotopic (exact) mass is 356 g/mol. The zero-order valence-corrected chi connectivity index (χ0v) is 15.6. The van der Waals surface area contributed by atoms with Crippen LogP contribution in [0.3, 0.4) is 0 Å². The van der Waals surface area contributed by atoms with Gasteiger partial charge in [-0.05, 0) is 13.0 Å². The number of anilines is 3. The van der Waals surface area contributed by atoms with Crippen molar-refractivity contribution in [2.24, 2.45) is 0 Å². The van der Waals surface area contributed by atoms with Crippen molar-refractivity contribution in [1.29, 1.82) is 0 Å². The Kier molecular flexibility index (Phi) is 5.15. The van der Waals surface area contributed by atoms with Crippen LogP contribution in [0.2, 0.25) is 0 Å². The maximum atomic E-state index is 11.9. The first-order chi connectivity index (χ1) is 12.4. The van der Waals surface area contributed by atoms with Crippen LogP contribution in [0.15, 0.2) is 18.5 Å². The van der Waals surface area contributed by atoms with Crippen molar-refractivity contribution in [3.63, 3.8) is 0 Å². The molecule has 0 spiro atoms. The van der Waals surface area contributed by atoms with Gasteiger partial charge >= 0.3 is 0 Å². The van der Waals surface area contributed by atoms with Gasteiger partial charge in [0.1, 0.15) is 18.0 Å². The number of carbonyl (C=O) groups excluding carboxylic acids is 1. The molecule has 0 aromatic carbocycles. The summed E-state index contributed by atoms with van der Waals surface area (Å²) in [4.78, 5) is 35.0. The van der Waals surface area contributed by atoms with E-state index in [1.165, 1.54) is 6.33 Å². The molecule has 3 rings (SSSR count). The van der Waals surface area contributed by atoms with Crippen LogP contribution >= 0.6 is 0 Å². The second kappa shape index (κ2) is 7.51. The van der Waals surface area contributed by atoms with Crippen molar-refractivity contribution in [1.82, 2.24) is 24.8 Å². The van der Waals surface area contributed by atoms with Gasteiger partial charge in [0.2, 0.25) is 11.9 Å². The van der Waals surface area contributed by atoms with E-state index in [4.69, 9.17) is 0 Å². The molecule has 0 atom stereocenters. The van der Waals surface area contributed by atoms with Crippen LogP contribution < -0.4 is 15.1 Å². The Morgan fingerprint density at radius 3 is 2.73 bits per heavy atom. The lowest BCUT2D eigenvalue weighted by molar-refractivity contribution is -0.129. The number of likely N-dealkylation sites (N-methyl/N-ethyl adjacent to an activating group) is 1. The Labute approximate surface area is 153 Å². The molecule has 2 aromatic heterocycles. The van der Waals surface area contributed by atoms with Gasteiger partial charge in [0.25, 0.3) is 0 Å². The summed E-state index contributed by atoms with van der Waals surface area (Å²) < 4.78 is 0. The van der Waals surface area contributed by atoms with Crippen molar-refractivity contribution in [3.8, 4) is 0 Å². The highest BCUT2D eigenvalue weighted by Gasteiger charge is 2.22. The minimum Gasteiger partial charge on any atom is -0.364 e. The normalized spacial score (nSPS) is 14.5. The Morgan fingerprint density at radius 1 is 1.19 bits per heavy atom. The fourth-order valence-corrected chi connectivity index (χ4v) is 2.66. The molecule has 9 nitrogen and oxygen atoms in total. The minimum atomic E-state index is 0.0945. The fraction of sp³-hybridized carbons (Fsp3) is 0.471. The molecule has 1 aliphatic rings. The van der Waals surface area contributed by atoms with Gasteiger partial charge in [-0.2, -0.15) is 0 Å². The number of rotatable bonds is 5. The lowest BCUT2D eigenvalue weighted by atomic mass is 10.3. The number of piperazine rings is 1. The van der Waals surface area contributed by atoms with E-state index in [2.05, 4.69) is 25.3 Å². The summed E-state index contributed by atoms with van der Waals surface area (Å²) in [6, 6.07) is 3.81. The highest BCUT2D eigenvalue weighted by atomic mass is 16.2. The molecule has 1 saturated heterocycles. The molecule has 26 heavy (non-hydrogen) atoms. The van der Waals surface area contributed by atoms with Crippen LogP contribution in [0, 0.1) is 6.92 Å². The molecule has 9 heteroatoms. The average Bonchev–Trinajstić information content (AvgIpc) is 2.62. The van der Waals surface area contributed by atoms with Crippen LogP contribution in [0.5, 0.6) is 0 Å². The van der Waals surface area contributed by atoms with Gasteiger partial charge in [-0.1, -0.05) is 0 Å². The Balaban J connectivity index is 1.69. The summed E-state index contributed by atoms with van der Waals surface area (Å²) in [7, 11) is 5.65. The summed E-state index contributed by atoms with van der Waals surface area (Å²) in [6.07, 6.45) is 1.51. The summed E-state index contributed by atoms with van der Waals surface area (Å²) in [5, 5.41) is 3.27. The quantitative estimate of drug-likeness (QED) is 0.830. The summed E-state index contributed by atoms with van der Waals surface area (Å²) >= 11 is 0. The SMILES string of the molecule is Cc1cc(CNc2cc(N3CCN(C)C(=O)C3)ncn2)nc(N(C)C)n1. The molecule has 138 valence electrons. The van der Waals surface area contributed by atoms with E-state index in [1.807, 2.05) is 50.0 Å². The van der Waals surface area contributed by atoms with Gasteiger partial charge in [-0.3, -0.25) is 4.79 Å². The minimum absolute atomic E-state index is 0.0945. The third-order valence-electron chi connectivity index (χ3n) is 4.18. The Morgan fingerprint density at radius 2 is 2.00 bits per heavy atom. The average molecular weight is 356 g/mol. The van der Waals surface area contributed by atoms with Crippen LogP contribution in [0.4, 0.5) is 17.6 Å². The van der Waals surface area contributed by atoms with Gasteiger partial charge in [0, 0.05) is 46.0 Å². The number of nitrogens with one attached hydrogen (secondary N) is 1. The van der Waals surface area contributed by atoms with E-state index in [0.29, 0.717) is 31.4 Å². The summed E-state index contributed by atoms with van der Waals surface area (Å²) in [6.45, 7) is 4.27. The zero-order valence-electron chi connectivity index (χ0n) is 15.6. The topological polar surface area (TPSA) is 90.4 Å². The molecule has 1 amide bonds. The van der Waals surface area contributed by atoms with Crippen LogP contribution in [0.1, 0.15) is 11.4 Å². The Bertz CT molecular complexity index is 794. The number of carbonyl (C=O) groups is 1. The maximum Gasteiger partial charge on any atom is 0.241 e. The molecular weight excluding hydrogens is 332 g/mol. The first kappa shape index (κ1) is 17.8. The lowest BCUT2D eigenvalue weighted by Crippen LogP contribution is -2.48. The van der Waals surface area contributed by atoms with E-state index in [1.54, 1.807) is 4.90 Å².